The average Bonchev–Trinajstić information content (AvgIpc) is 2.79. The van der Waals surface area contributed by atoms with Gasteiger partial charge in [0.2, 0.25) is 0 Å². The topological polar surface area (TPSA) is 84.6 Å². The third-order valence-corrected chi connectivity index (χ3v) is 3.18. The summed E-state index contributed by atoms with van der Waals surface area (Å²) < 4.78 is 4.97. The Morgan fingerprint density at radius 2 is 2.35 bits per heavy atom. The van der Waals surface area contributed by atoms with E-state index in [1.807, 2.05) is 6.92 Å². The summed E-state index contributed by atoms with van der Waals surface area (Å²) >= 11 is 1.29. The number of carbonyl (C=O) groups is 1. The molecule has 0 fully saturated rings. The third-order valence-electron chi connectivity index (χ3n) is 2.35. The molecule has 0 saturated heterocycles. The Labute approximate surface area is 122 Å². The van der Waals surface area contributed by atoms with Crippen LogP contribution in [0.5, 0.6) is 0 Å². The number of ether oxygens (including phenoxy) is 1. The van der Waals surface area contributed by atoms with Crippen LogP contribution in [0.1, 0.15) is 29.8 Å². The second-order valence-electron chi connectivity index (χ2n) is 3.74. The Kier molecular flexibility index (Phi) is 6.55. The maximum Gasteiger partial charge on any atom is 0.341 e. The number of hydrogen-bond donors (Lipinski definition) is 3. The van der Waals surface area contributed by atoms with Crippen LogP contribution in [0.4, 0.5) is 5.00 Å². The monoisotopic (exact) mass is 294 g/mol. The van der Waals surface area contributed by atoms with E-state index in [2.05, 4.69) is 5.48 Å². The van der Waals surface area contributed by atoms with E-state index in [9.17, 15) is 4.79 Å². The molecule has 1 aromatic heterocycles. The summed E-state index contributed by atoms with van der Waals surface area (Å²) in [6.07, 6.45) is 8.61. The molecule has 0 aromatic carbocycles. The molecular formula is C14H18N2O3S. The first-order chi connectivity index (χ1) is 9.63. The largest absolute Gasteiger partial charge is 0.462 e. The third kappa shape index (κ3) is 4.25. The fraction of sp³-hybridized carbons (Fsp3) is 0.214. The Bertz CT molecular complexity index is 545. The fourth-order valence-electron chi connectivity index (χ4n) is 1.50. The van der Waals surface area contributed by atoms with Gasteiger partial charge >= 0.3 is 5.97 Å². The number of hydrogen-bond acceptors (Lipinski definition) is 6. The van der Waals surface area contributed by atoms with Crippen molar-refractivity contribution in [3.8, 4) is 0 Å². The van der Waals surface area contributed by atoms with Gasteiger partial charge in [0.15, 0.2) is 0 Å². The van der Waals surface area contributed by atoms with Gasteiger partial charge < -0.3 is 10.5 Å². The highest BCUT2D eigenvalue weighted by Gasteiger charge is 2.16. The zero-order valence-corrected chi connectivity index (χ0v) is 12.2. The number of nitrogens with one attached hydrogen (secondary N) is 1. The Balaban J connectivity index is 2.96. The van der Waals surface area contributed by atoms with Gasteiger partial charge in [-0.05, 0) is 26.0 Å². The molecule has 0 bridgehead atoms. The standard InChI is InChI=1S/C14H18N2O3S/c1-3-6-11(16-18)8-5-7-10-9-20-13(15)12(10)14(17)19-4-2/h3,5-9,16,18H,4,15H2,1-2H3/b6-3-,7-5+,11-8+. The van der Waals surface area contributed by atoms with Crippen molar-refractivity contribution in [2.24, 2.45) is 0 Å². The van der Waals surface area contributed by atoms with Crippen LogP contribution in [0.25, 0.3) is 6.08 Å². The molecule has 0 atom stereocenters. The molecule has 0 saturated carbocycles. The molecule has 1 aromatic rings. The van der Waals surface area contributed by atoms with Crippen molar-refractivity contribution in [3.63, 3.8) is 0 Å². The molecule has 0 aliphatic rings. The second kappa shape index (κ2) is 8.19. The normalized spacial score (nSPS) is 12.2. The molecule has 0 amide bonds. The van der Waals surface area contributed by atoms with Gasteiger partial charge in [0.05, 0.1) is 12.3 Å². The Hall–Kier alpha value is -2.05. The smallest absolute Gasteiger partial charge is 0.341 e. The number of nitrogen functional groups attached to an aromatic ring is 1. The van der Waals surface area contributed by atoms with Crippen LogP contribution in [0, 0.1) is 0 Å². The van der Waals surface area contributed by atoms with Crippen molar-refractivity contribution in [2.75, 3.05) is 12.3 Å². The molecule has 0 spiro atoms. The SMILES string of the molecule is C\C=C/C(=C\C=C\c1csc(N)c1C(=O)OCC)NO. The van der Waals surface area contributed by atoms with E-state index >= 15 is 0 Å². The quantitative estimate of drug-likeness (QED) is 0.427. The van der Waals surface area contributed by atoms with Crippen molar-refractivity contribution in [1.29, 1.82) is 0 Å². The van der Waals surface area contributed by atoms with Crippen LogP contribution in [-0.2, 0) is 4.74 Å². The van der Waals surface area contributed by atoms with E-state index in [4.69, 9.17) is 15.7 Å². The van der Waals surface area contributed by atoms with Gasteiger partial charge in [0.1, 0.15) is 10.6 Å². The molecule has 5 nitrogen and oxygen atoms in total. The van der Waals surface area contributed by atoms with E-state index in [1.54, 1.807) is 42.7 Å². The van der Waals surface area contributed by atoms with E-state index < -0.39 is 5.97 Å². The van der Waals surface area contributed by atoms with Crippen LogP contribution in [0.2, 0.25) is 0 Å². The molecule has 1 rings (SSSR count). The molecular weight excluding hydrogens is 276 g/mol. The predicted octanol–water partition coefficient (Wildman–Crippen LogP) is 2.96. The van der Waals surface area contributed by atoms with Gasteiger partial charge in [0, 0.05) is 10.9 Å². The van der Waals surface area contributed by atoms with Crippen LogP contribution >= 0.6 is 11.3 Å². The van der Waals surface area contributed by atoms with Crippen molar-refractivity contribution < 1.29 is 14.7 Å². The minimum atomic E-state index is -0.427. The summed E-state index contributed by atoms with van der Waals surface area (Å²) in [5, 5.41) is 11.1. The zero-order valence-electron chi connectivity index (χ0n) is 11.4. The van der Waals surface area contributed by atoms with Gasteiger partial charge in [-0.25, -0.2) is 4.79 Å². The van der Waals surface area contributed by atoms with Crippen LogP contribution < -0.4 is 11.2 Å². The number of allylic oxidation sites excluding steroid dienone is 4. The Morgan fingerprint density at radius 3 is 2.95 bits per heavy atom. The maximum absolute atomic E-state index is 11.8. The van der Waals surface area contributed by atoms with E-state index in [0.717, 1.165) is 0 Å². The molecule has 6 heteroatoms. The summed E-state index contributed by atoms with van der Waals surface area (Å²) in [4.78, 5) is 11.8. The van der Waals surface area contributed by atoms with Crippen molar-refractivity contribution >= 4 is 28.4 Å². The molecule has 108 valence electrons. The van der Waals surface area contributed by atoms with Crippen LogP contribution in [0.3, 0.4) is 0 Å². The van der Waals surface area contributed by atoms with Crippen molar-refractivity contribution in [1.82, 2.24) is 5.48 Å². The number of hydroxylamine groups is 1. The van der Waals surface area contributed by atoms with Gasteiger partial charge in [-0.2, -0.15) is 0 Å². The molecule has 20 heavy (non-hydrogen) atoms. The molecule has 1 heterocycles. The number of carbonyl (C=O) groups excluding carboxylic acids is 1. The number of nitrogens with two attached hydrogens (primary N) is 1. The van der Waals surface area contributed by atoms with Crippen LogP contribution in [0.15, 0.2) is 35.4 Å². The van der Waals surface area contributed by atoms with Crippen LogP contribution in [-0.4, -0.2) is 17.8 Å². The lowest BCUT2D eigenvalue weighted by molar-refractivity contribution is 0.0528. The van der Waals surface area contributed by atoms with Gasteiger partial charge in [-0.3, -0.25) is 10.7 Å². The zero-order chi connectivity index (χ0) is 15.0. The number of esters is 1. The lowest BCUT2D eigenvalue weighted by Crippen LogP contribution is -2.07. The van der Waals surface area contributed by atoms with Crippen molar-refractivity contribution in [3.05, 3.63) is 46.5 Å². The van der Waals surface area contributed by atoms with Crippen molar-refractivity contribution in [2.45, 2.75) is 13.8 Å². The first-order valence-corrected chi connectivity index (χ1v) is 6.97. The van der Waals surface area contributed by atoms with Gasteiger partial charge in [-0.15, -0.1) is 11.3 Å². The summed E-state index contributed by atoms with van der Waals surface area (Å²) in [7, 11) is 0. The molecule has 0 radical (unpaired) electrons. The highest BCUT2D eigenvalue weighted by atomic mass is 32.1. The minimum absolute atomic E-state index is 0.303. The molecule has 0 unspecified atom stereocenters. The predicted molar refractivity (Wildman–Crippen MR) is 81.5 cm³/mol. The van der Waals surface area contributed by atoms with E-state index in [-0.39, 0.29) is 0 Å². The fourth-order valence-corrected chi connectivity index (χ4v) is 2.27. The lowest BCUT2D eigenvalue weighted by Gasteiger charge is -2.02. The lowest BCUT2D eigenvalue weighted by atomic mass is 10.1. The van der Waals surface area contributed by atoms with E-state index in [0.29, 0.717) is 28.4 Å². The highest BCUT2D eigenvalue weighted by Crippen LogP contribution is 2.27. The second-order valence-corrected chi connectivity index (χ2v) is 4.65. The molecule has 0 aliphatic heterocycles. The number of anilines is 1. The molecule has 0 aliphatic carbocycles. The summed E-state index contributed by atoms with van der Waals surface area (Å²) in [6, 6.07) is 0. The first-order valence-electron chi connectivity index (χ1n) is 6.09. The average molecular weight is 294 g/mol. The maximum atomic E-state index is 11.8. The van der Waals surface area contributed by atoms with Gasteiger partial charge in [0.25, 0.3) is 0 Å². The highest BCUT2D eigenvalue weighted by molar-refractivity contribution is 7.14. The summed E-state index contributed by atoms with van der Waals surface area (Å²) in [5.41, 5.74) is 9.45. The summed E-state index contributed by atoms with van der Waals surface area (Å²) in [5.74, 6) is -0.427. The number of thiophene rings is 1. The summed E-state index contributed by atoms with van der Waals surface area (Å²) in [6.45, 7) is 3.89. The van der Waals surface area contributed by atoms with E-state index in [1.165, 1.54) is 11.3 Å². The Morgan fingerprint density at radius 1 is 1.60 bits per heavy atom. The minimum Gasteiger partial charge on any atom is -0.462 e. The first kappa shape index (κ1) is 16.0. The molecule has 4 N–H and O–H groups in total. The van der Waals surface area contributed by atoms with Gasteiger partial charge in [-0.1, -0.05) is 18.2 Å². The number of rotatable bonds is 6.